The largest absolute Gasteiger partial charge is 0.268 e. The normalized spacial score (nSPS) is 16.3. The van der Waals surface area contributed by atoms with Crippen molar-refractivity contribution in [3.05, 3.63) is 75.6 Å². The Kier molecular flexibility index (Phi) is 6.96. The van der Waals surface area contributed by atoms with Gasteiger partial charge in [0.1, 0.15) is 0 Å². The number of aryl methyl sites for hydroxylation is 1. The van der Waals surface area contributed by atoms with Gasteiger partial charge in [-0.1, -0.05) is 99.7 Å². The molecule has 0 unspecified atom stereocenters. The number of thioether (sulfide) groups is 1. The summed E-state index contributed by atoms with van der Waals surface area (Å²) in [5.41, 5.74) is 6.62. The molecular formula is C30H36N2OS. The van der Waals surface area contributed by atoms with Crippen LogP contribution in [-0.4, -0.2) is 15.3 Å². The lowest BCUT2D eigenvalue weighted by Gasteiger charge is -2.42. The summed E-state index contributed by atoms with van der Waals surface area (Å²) in [6.45, 7) is 4.34. The Morgan fingerprint density at radius 2 is 1.74 bits per heavy atom. The van der Waals surface area contributed by atoms with Crippen LogP contribution < -0.4 is 5.56 Å². The average Bonchev–Trinajstić information content (AvgIpc) is 2.85. The molecule has 3 aromatic rings. The standard InChI is InChI=1S/C30H36N2OS/c1-3-4-5-13-20-34-29-31-27-24-16-9-8-15-23(24)21-30(18-11-6-12-19-30)26(27)28(33)32(29)25-17-10-7-14-22(25)2/h7-10,14-17H,3-6,11-13,18-21H2,1-2H3. The number of fused-ring (bicyclic) bond motifs is 4. The second-order valence-electron chi connectivity index (χ2n) is 10.1. The van der Waals surface area contributed by atoms with E-state index in [1.807, 2.05) is 16.7 Å². The van der Waals surface area contributed by atoms with Gasteiger partial charge in [-0.05, 0) is 49.8 Å². The van der Waals surface area contributed by atoms with Gasteiger partial charge in [-0.15, -0.1) is 0 Å². The molecule has 1 heterocycles. The summed E-state index contributed by atoms with van der Waals surface area (Å²) >= 11 is 1.75. The number of unbranched alkanes of at least 4 members (excludes halogenated alkanes) is 3. The summed E-state index contributed by atoms with van der Waals surface area (Å²) in [6.07, 6.45) is 11.7. The van der Waals surface area contributed by atoms with E-state index in [2.05, 4.69) is 50.2 Å². The van der Waals surface area contributed by atoms with Gasteiger partial charge in [0.2, 0.25) is 0 Å². The monoisotopic (exact) mass is 472 g/mol. The molecule has 1 fully saturated rings. The van der Waals surface area contributed by atoms with E-state index < -0.39 is 0 Å². The second-order valence-corrected chi connectivity index (χ2v) is 11.2. The Balaban J connectivity index is 1.71. The average molecular weight is 473 g/mol. The molecule has 34 heavy (non-hydrogen) atoms. The van der Waals surface area contributed by atoms with Gasteiger partial charge in [0, 0.05) is 16.7 Å². The first-order valence-electron chi connectivity index (χ1n) is 13.1. The maximum absolute atomic E-state index is 14.5. The fourth-order valence-electron chi connectivity index (χ4n) is 6.00. The Bertz CT molecular complexity index is 1220. The molecule has 178 valence electrons. The van der Waals surface area contributed by atoms with E-state index in [-0.39, 0.29) is 11.0 Å². The zero-order valence-electron chi connectivity index (χ0n) is 20.6. The molecule has 0 radical (unpaired) electrons. The molecule has 1 spiro atoms. The van der Waals surface area contributed by atoms with Crippen LogP contribution in [0.25, 0.3) is 16.9 Å². The molecule has 0 N–H and O–H groups in total. The second kappa shape index (κ2) is 10.1. The number of para-hydroxylation sites is 1. The van der Waals surface area contributed by atoms with Crippen molar-refractivity contribution in [3.63, 3.8) is 0 Å². The predicted octanol–water partition coefficient (Wildman–Crippen LogP) is 7.64. The number of hydrogen-bond acceptors (Lipinski definition) is 3. The molecule has 1 saturated carbocycles. The molecule has 2 aliphatic carbocycles. The molecule has 0 aliphatic heterocycles. The smallest absolute Gasteiger partial charge is 0.263 e. The lowest BCUT2D eigenvalue weighted by molar-refractivity contribution is 0.283. The molecular weight excluding hydrogens is 436 g/mol. The third-order valence-electron chi connectivity index (χ3n) is 7.78. The maximum Gasteiger partial charge on any atom is 0.263 e. The summed E-state index contributed by atoms with van der Waals surface area (Å²) in [5, 5.41) is 0.845. The van der Waals surface area contributed by atoms with Crippen molar-refractivity contribution >= 4 is 11.8 Å². The molecule has 0 bridgehead atoms. The van der Waals surface area contributed by atoms with Crippen molar-refractivity contribution < 1.29 is 0 Å². The third-order valence-corrected chi connectivity index (χ3v) is 8.81. The number of rotatable bonds is 7. The minimum Gasteiger partial charge on any atom is -0.268 e. The van der Waals surface area contributed by atoms with Crippen LogP contribution in [-0.2, 0) is 11.8 Å². The quantitative estimate of drug-likeness (QED) is 0.201. The fourth-order valence-corrected chi connectivity index (χ4v) is 7.00. The highest BCUT2D eigenvalue weighted by Crippen LogP contribution is 2.49. The summed E-state index contributed by atoms with van der Waals surface area (Å²) in [7, 11) is 0. The van der Waals surface area contributed by atoms with Gasteiger partial charge < -0.3 is 0 Å². The Morgan fingerprint density at radius 3 is 2.53 bits per heavy atom. The zero-order valence-corrected chi connectivity index (χ0v) is 21.4. The van der Waals surface area contributed by atoms with Gasteiger partial charge in [0.25, 0.3) is 5.56 Å². The first kappa shape index (κ1) is 23.4. The first-order valence-corrected chi connectivity index (χ1v) is 14.1. The van der Waals surface area contributed by atoms with E-state index in [4.69, 9.17) is 4.98 Å². The van der Waals surface area contributed by atoms with Crippen LogP contribution in [0.3, 0.4) is 0 Å². The molecule has 2 aliphatic rings. The maximum atomic E-state index is 14.5. The van der Waals surface area contributed by atoms with Gasteiger partial charge in [-0.2, -0.15) is 0 Å². The van der Waals surface area contributed by atoms with E-state index >= 15 is 0 Å². The van der Waals surface area contributed by atoms with E-state index in [1.54, 1.807) is 11.8 Å². The van der Waals surface area contributed by atoms with Crippen molar-refractivity contribution in [3.8, 4) is 16.9 Å². The van der Waals surface area contributed by atoms with Crippen LogP contribution in [0.15, 0.2) is 58.5 Å². The van der Waals surface area contributed by atoms with Crippen molar-refractivity contribution in [2.24, 2.45) is 0 Å². The molecule has 0 atom stereocenters. The minimum atomic E-state index is -0.0826. The topological polar surface area (TPSA) is 34.9 Å². The third kappa shape index (κ3) is 4.26. The van der Waals surface area contributed by atoms with E-state index in [0.717, 1.165) is 64.7 Å². The summed E-state index contributed by atoms with van der Waals surface area (Å²) < 4.78 is 1.95. The highest BCUT2D eigenvalue weighted by Gasteiger charge is 2.43. The number of benzene rings is 2. The van der Waals surface area contributed by atoms with Gasteiger partial charge in [0.05, 0.1) is 16.9 Å². The summed E-state index contributed by atoms with van der Waals surface area (Å²) in [4.78, 5) is 19.8. The first-order chi connectivity index (χ1) is 16.6. The minimum absolute atomic E-state index is 0.0826. The molecule has 1 aromatic heterocycles. The number of aromatic nitrogens is 2. The summed E-state index contributed by atoms with van der Waals surface area (Å²) in [6, 6.07) is 16.9. The van der Waals surface area contributed by atoms with Crippen LogP contribution in [0.5, 0.6) is 0 Å². The Labute approximate surface area is 208 Å². The van der Waals surface area contributed by atoms with E-state index in [9.17, 15) is 4.79 Å². The predicted molar refractivity (Wildman–Crippen MR) is 143 cm³/mol. The van der Waals surface area contributed by atoms with Gasteiger partial charge in [-0.3, -0.25) is 9.36 Å². The lowest BCUT2D eigenvalue weighted by Crippen LogP contribution is -2.43. The van der Waals surface area contributed by atoms with Gasteiger partial charge in [-0.25, -0.2) is 4.98 Å². The highest BCUT2D eigenvalue weighted by molar-refractivity contribution is 7.99. The van der Waals surface area contributed by atoms with E-state index in [0.29, 0.717) is 0 Å². The molecule has 4 heteroatoms. The summed E-state index contributed by atoms with van der Waals surface area (Å²) in [5.74, 6) is 0.990. The van der Waals surface area contributed by atoms with Gasteiger partial charge >= 0.3 is 0 Å². The lowest BCUT2D eigenvalue weighted by atomic mass is 9.62. The number of hydrogen-bond donors (Lipinski definition) is 0. The molecule has 5 rings (SSSR count). The molecule has 2 aromatic carbocycles. The van der Waals surface area contributed by atoms with Crippen molar-refractivity contribution in [1.29, 1.82) is 0 Å². The van der Waals surface area contributed by atoms with Crippen molar-refractivity contribution in [2.45, 2.75) is 88.6 Å². The van der Waals surface area contributed by atoms with Crippen LogP contribution >= 0.6 is 11.8 Å². The Morgan fingerprint density at radius 1 is 0.971 bits per heavy atom. The molecule has 3 nitrogen and oxygen atoms in total. The van der Waals surface area contributed by atoms with Crippen molar-refractivity contribution in [2.75, 3.05) is 5.75 Å². The number of nitrogens with zero attached hydrogens (tertiary/aromatic N) is 2. The van der Waals surface area contributed by atoms with Crippen LogP contribution in [0, 0.1) is 6.92 Å². The Hall–Kier alpha value is -2.33. The van der Waals surface area contributed by atoms with E-state index in [1.165, 1.54) is 44.1 Å². The molecule has 0 amide bonds. The highest BCUT2D eigenvalue weighted by atomic mass is 32.2. The fraction of sp³-hybridized carbons (Fsp3) is 0.467. The van der Waals surface area contributed by atoms with Crippen molar-refractivity contribution in [1.82, 2.24) is 9.55 Å². The van der Waals surface area contributed by atoms with Crippen LogP contribution in [0.2, 0.25) is 0 Å². The van der Waals surface area contributed by atoms with Gasteiger partial charge in [0.15, 0.2) is 5.16 Å². The van der Waals surface area contributed by atoms with Crippen LogP contribution in [0.4, 0.5) is 0 Å². The molecule has 0 saturated heterocycles. The zero-order chi connectivity index (χ0) is 23.5. The van der Waals surface area contributed by atoms with Crippen LogP contribution in [0.1, 0.15) is 81.4 Å². The SMILES string of the molecule is CCCCCCSc1nc2c(c(=O)n1-c1ccccc1C)C1(CCCCC1)Cc1ccccc1-2.